The van der Waals surface area contributed by atoms with E-state index in [0.717, 1.165) is 0 Å². The van der Waals surface area contributed by atoms with Crippen molar-refractivity contribution in [2.24, 2.45) is 0 Å². The van der Waals surface area contributed by atoms with Gasteiger partial charge in [-0.1, -0.05) is 0 Å². The Morgan fingerprint density at radius 2 is 1.89 bits per heavy atom. The van der Waals surface area contributed by atoms with Crippen molar-refractivity contribution in [1.82, 2.24) is 0 Å². The predicted octanol–water partition coefficient (Wildman–Crippen LogP) is -0.384. The maximum Gasteiger partial charge on any atom is 0.188 e. The molecule has 0 aliphatic carbocycles. The molecule has 0 bridgehead atoms. The first-order valence-electron chi connectivity index (χ1n) is 5.74. The molecule has 3 rings (SSSR count). The lowest BCUT2D eigenvalue weighted by Gasteiger charge is -2.31. The van der Waals surface area contributed by atoms with Crippen LogP contribution in [0, 0.1) is 0 Å². The fourth-order valence-corrected chi connectivity index (χ4v) is 2.08. The van der Waals surface area contributed by atoms with Gasteiger partial charge >= 0.3 is 0 Å². The van der Waals surface area contributed by atoms with E-state index in [4.69, 9.17) is 19.3 Å². The van der Waals surface area contributed by atoms with Gasteiger partial charge in [-0.3, -0.25) is 0 Å². The Kier molecular flexibility index (Phi) is 2.87. The molecule has 3 N–H and O–H groups in total. The first kappa shape index (κ1) is 11.7. The molecule has 6 heteroatoms. The Bertz CT molecular complexity index is 419. The number of aromatic hydroxyl groups is 1. The normalized spacial score (nSPS) is 38.0. The standard InChI is InChI=1S/C12H14O6/c13-5-8-9(15)10(11-12(17-8)18-11)16-7-3-1-6(14)2-4-7/h1-4,8-15H,5H2/t8?,9-,10?,11?,12-/m1/s1. The summed E-state index contributed by atoms with van der Waals surface area (Å²) in [5.74, 6) is 0.661. The minimum atomic E-state index is -0.951. The maximum atomic E-state index is 10.0. The molecule has 1 aromatic carbocycles. The van der Waals surface area contributed by atoms with Crippen LogP contribution in [0.25, 0.3) is 0 Å². The highest BCUT2D eigenvalue weighted by Gasteiger charge is 2.57. The van der Waals surface area contributed by atoms with E-state index < -0.39 is 24.6 Å². The van der Waals surface area contributed by atoms with E-state index in [9.17, 15) is 10.2 Å². The fraction of sp³-hybridized carbons (Fsp3) is 0.500. The highest BCUT2D eigenvalue weighted by molar-refractivity contribution is 5.30. The lowest BCUT2D eigenvalue weighted by atomic mass is 10.0. The van der Waals surface area contributed by atoms with Gasteiger partial charge in [0.1, 0.15) is 23.7 Å². The number of epoxide rings is 1. The number of rotatable bonds is 3. The van der Waals surface area contributed by atoms with Crippen molar-refractivity contribution < 1.29 is 29.5 Å². The summed E-state index contributed by atoms with van der Waals surface area (Å²) < 4.78 is 16.1. The third kappa shape index (κ3) is 2.04. The number of hydrogen-bond donors (Lipinski definition) is 3. The van der Waals surface area contributed by atoms with Gasteiger partial charge in [-0.2, -0.15) is 0 Å². The molecular weight excluding hydrogens is 240 g/mol. The molecule has 18 heavy (non-hydrogen) atoms. The molecule has 5 atom stereocenters. The van der Waals surface area contributed by atoms with E-state index in [1.807, 2.05) is 0 Å². The van der Waals surface area contributed by atoms with Gasteiger partial charge in [-0.25, -0.2) is 0 Å². The average molecular weight is 254 g/mol. The van der Waals surface area contributed by atoms with E-state index in [1.165, 1.54) is 12.1 Å². The van der Waals surface area contributed by atoms with Crippen LogP contribution in [-0.2, 0) is 9.47 Å². The monoisotopic (exact) mass is 254 g/mol. The van der Waals surface area contributed by atoms with E-state index in [0.29, 0.717) is 5.75 Å². The van der Waals surface area contributed by atoms with E-state index in [-0.39, 0.29) is 18.5 Å². The molecule has 0 aromatic heterocycles. The molecule has 2 heterocycles. The number of phenolic OH excluding ortho intramolecular Hbond substituents is 1. The summed E-state index contributed by atoms with van der Waals surface area (Å²) in [6, 6.07) is 6.19. The second kappa shape index (κ2) is 4.40. The number of fused-ring (bicyclic) bond motifs is 1. The molecule has 0 amide bonds. The summed E-state index contributed by atoms with van der Waals surface area (Å²) in [6.07, 6.45) is -2.95. The van der Waals surface area contributed by atoms with Gasteiger partial charge in [-0.05, 0) is 24.3 Å². The molecule has 2 aliphatic heterocycles. The van der Waals surface area contributed by atoms with Gasteiger partial charge in [-0.15, -0.1) is 0 Å². The molecule has 1 aromatic rings. The second-order valence-electron chi connectivity index (χ2n) is 4.39. The summed E-state index contributed by atoms with van der Waals surface area (Å²) in [7, 11) is 0. The summed E-state index contributed by atoms with van der Waals surface area (Å²) in [5.41, 5.74) is 0. The van der Waals surface area contributed by atoms with Crippen LogP contribution in [0.15, 0.2) is 24.3 Å². The molecule has 98 valence electrons. The van der Waals surface area contributed by atoms with Gasteiger partial charge in [0.2, 0.25) is 0 Å². The van der Waals surface area contributed by atoms with Gasteiger partial charge in [0.05, 0.1) is 6.61 Å². The van der Waals surface area contributed by atoms with E-state index >= 15 is 0 Å². The first-order chi connectivity index (χ1) is 8.69. The maximum absolute atomic E-state index is 10.0. The molecule has 2 saturated heterocycles. The van der Waals surface area contributed by atoms with Gasteiger partial charge in [0, 0.05) is 0 Å². The number of phenols is 1. The van der Waals surface area contributed by atoms with Crippen LogP contribution in [0.4, 0.5) is 0 Å². The van der Waals surface area contributed by atoms with Crippen molar-refractivity contribution in [3.05, 3.63) is 24.3 Å². The highest BCUT2D eigenvalue weighted by atomic mass is 16.8. The summed E-state index contributed by atoms with van der Waals surface area (Å²) in [6.45, 7) is -0.289. The zero-order valence-electron chi connectivity index (χ0n) is 9.47. The average Bonchev–Trinajstić information content (AvgIpc) is 3.14. The van der Waals surface area contributed by atoms with Crippen LogP contribution in [0.2, 0.25) is 0 Å². The van der Waals surface area contributed by atoms with Crippen LogP contribution in [0.1, 0.15) is 0 Å². The van der Waals surface area contributed by atoms with Crippen molar-refractivity contribution in [3.63, 3.8) is 0 Å². The minimum absolute atomic E-state index is 0.142. The quantitative estimate of drug-likeness (QED) is 0.637. The topological polar surface area (TPSA) is 91.7 Å². The fourth-order valence-electron chi connectivity index (χ4n) is 2.08. The van der Waals surface area contributed by atoms with Crippen molar-refractivity contribution in [1.29, 1.82) is 0 Å². The zero-order chi connectivity index (χ0) is 12.7. The van der Waals surface area contributed by atoms with E-state index in [2.05, 4.69) is 0 Å². The predicted molar refractivity (Wildman–Crippen MR) is 59.1 cm³/mol. The van der Waals surface area contributed by atoms with Gasteiger partial charge in [0.25, 0.3) is 0 Å². The van der Waals surface area contributed by atoms with Crippen molar-refractivity contribution in [2.75, 3.05) is 6.61 Å². The number of ether oxygens (including phenoxy) is 3. The summed E-state index contributed by atoms with van der Waals surface area (Å²) in [5, 5.41) is 28.3. The summed E-state index contributed by atoms with van der Waals surface area (Å²) >= 11 is 0. The van der Waals surface area contributed by atoms with Crippen molar-refractivity contribution in [2.45, 2.75) is 30.7 Å². The SMILES string of the molecule is OCC1O[C@@H]2OC2C(Oc2ccc(O)cc2)[C@@H]1O. The molecule has 0 radical (unpaired) electrons. The number of aliphatic hydroxyl groups is 2. The molecule has 2 fully saturated rings. The first-order valence-corrected chi connectivity index (χ1v) is 5.74. The number of benzene rings is 1. The Morgan fingerprint density at radius 3 is 2.56 bits per heavy atom. The Morgan fingerprint density at radius 1 is 1.17 bits per heavy atom. The zero-order valence-corrected chi connectivity index (χ0v) is 9.47. The highest BCUT2D eigenvalue weighted by Crippen LogP contribution is 2.37. The van der Waals surface area contributed by atoms with Gasteiger partial charge in [0.15, 0.2) is 18.5 Å². The van der Waals surface area contributed by atoms with E-state index in [1.54, 1.807) is 12.1 Å². The molecule has 3 unspecified atom stereocenters. The van der Waals surface area contributed by atoms with Crippen LogP contribution in [0.5, 0.6) is 11.5 Å². The molecule has 2 aliphatic rings. The van der Waals surface area contributed by atoms with Crippen LogP contribution in [-0.4, -0.2) is 52.6 Å². The largest absolute Gasteiger partial charge is 0.508 e. The minimum Gasteiger partial charge on any atom is -0.508 e. The van der Waals surface area contributed by atoms with Gasteiger partial charge < -0.3 is 29.5 Å². The molecular formula is C12H14O6. The lowest BCUT2D eigenvalue weighted by molar-refractivity contribution is -0.138. The van der Waals surface area contributed by atoms with Crippen molar-refractivity contribution >= 4 is 0 Å². The Balaban J connectivity index is 1.73. The number of aliphatic hydroxyl groups excluding tert-OH is 2. The third-order valence-electron chi connectivity index (χ3n) is 3.12. The lowest BCUT2D eigenvalue weighted by Crippen LogP contribution is -2.51. The third-order valence-corrected chi connectivity index (χ3v) is 3.12. The smallest absolute Gasteiger partial charge is 0.188 e. The Hall–Kier alpha value is -1.34. The molecule has 0 spiro atoms. The van der Waals surface area contributed by atoms with Crippen molar-refractivity contribution in [3.8, 4) is 11.5 Å². The van der Waals surface area contributed by atoms with Crippen LogP contribution in [0.3, 0.4) is 0 Å². The molecule has 0 saturated carbocycles. The summed E-state index contributed by atoms with van der Waals surface area (Å²) in [4.78, 5) is 0. The second-order valence-corrected chi connectivity index (χ2v) is 4.39. The van der Waals surface area contributed by atoms with Crippen LogP contribution >= 0.6 is 0 Å². The van der Waals surface area contributed by atoms with Crippen LogP contribution < -0.4 is 4.74 Å². The molecule has 6 nitrogen and oxygen atoms in total. The Labute approximate surface area is 103 Å². The number of hydrogen-bond acceptors (Lipinski definition) is 6.